The van der Waals surface area contributed by atoms with E-state index in [0.29, 0.717) is 12.5 Å². The van der Waals surface area contributed by atoms with Crippen LogP contribution in [-0.2, 0) is 11.3 Å². The molecule has 0 amide bonds. The monoisotopic (exact) mass is 228 g/mol. The number of anilines is 1. The summed E-state index contributed by atoms with van der Waals surface area (Å²) in [7, 11) is 1.69. The fraction of sp³-hybridized carbons (Fsp3) is 0.556. The predicted molar refractivity (Wildman–Crippen MR) is 61.8 cm³/mol. The Morgan fingerprint density at radius 2 is 2.40 bits per heavy atom. The summed E-state index contributed by atoms with van der Waals surface area (Å²) >= 11 is 1.58. The molecule has 1 aromatic rings. The van der Waals surface area contributed by atoms with Crippen molar-refractivity contribution in [3.63, 3.8) is 0 Å². The molecule has 6 heteroatoms. The Morgan fingerprint density at radius 1 is 1.67 bits per heavy atom. The van der Waals surface area contributed by atoms with Crippen molar-refractivity contribution in [3.8, 4) is 0 Å². The van der Waals surface area contributed by atoms with Crippen LogP contribution in [0.5, 0.6) is 0 Å². The number of methoxy groups -OCH3 is 1. The van der Waals surface area contributed by atoms with Crippen LogP contribution < -0.4 is 5.73 Å². The fourth-order valence-corrected chi connectivity index (χ4v) is 1.91. The maximum absolute atomic E-state index is 5.66. The largest absolute Gasteiger partial charge is 0.381 e. The molecule has 5 nitrogen and oxygen atoms in total. The number of hydrogen-bond donors (Lipinski definition) is 1. The van der Waals surface area contributed by atoms with E-state index in [1.54, 1.807) is 24.9 Å². The molecule has 0 bridgehead atoms. The minimum absolute atomic E-state index is 0.185. The molecular weight excluding hydrogens is 212 g/mol. The average molecular weight is 228 g/mol. The van der Waals surface area contributed by atoms with E-state index >= 15 is 0 Å². The number of nitrogen functional groups attached to an aromatic ring is 1. The van der Waals surface area contributed by atoms with E-state index in [1.807, 2.05) is 11.5 Å². The summed E-state index contributed by atoms with van der Waals surface area (Å²) in [5.74, 6) is 1.24. The molecule has 1 atom stereocenters. The zero-order chi connectivity index (χ0) is 11.3. The number of ether oxygens (including phenoxy) is 1. The molecule has 0 radical (unpaired) electrons. The Bertz CT molecular complexity index is 326. The van der Waals surface area contributed by atoms with Crippen LogP contribution in [0.25, 0.3) is 0 Å². The van der Waals surface area contributed by atoms with Crippen LogP contribution in [0.1, 0.15) is 6.92 Å². The molecule has 0 aromatic carbocycles. The summed E-state index contributed by atoms with van der Waals surface area (Å²) in [5.41, 5.74) is 5.66. The lowest BCUT2D eigenvalue weighted by molar-refractivity contribution is 0.137. The highest BCUT2D eigenvalue weighted by atomic mass is 32.2. The highest BCUT2D eigenvalue weighted by Crippen LogP contribution is 2.19. The van der Waals surface area contributed by atoms with Gasteiger partial charge in [0.1, 0.15) is 0 Å². The van der Waals surface area contributed by atoms with E-state index in [2.05, 4.69) is 16.8 Å². The second kappa shape index (κ2) is 5.77. The van der Waals surface area contributed by atoms with Gasteiger partial charge >= 0.3 is 0 Å². The molecule has 1 aromatic heterocycles. The number of rotatable bonds is 6. The van der Waals surface area contributed by atoms with Crippen molar-refractivity contribution in [2.75, 3.05) is 18.6 Å². The van der Waals surface area contributed by atoms with Gasteiger partial charge in [0, 0.05) is 19.4 Å². The van der Waals surface area contributed by atoms with Crippen LogP contribution in [0, 0.1) is 0 Å². The molecule has 15 heavy (non-hydrogen) atoms. The minimum atomic E-state index is 0.185. The third-order valence-corrected chi connectivity index (χ3v) is 3.10. The molecule has 0 aliphatic heterocycles. The number of hydrogen-bond acceptors (Lipinski definition) is 5. The molecule has 0 fully saturated rings. The van der Waals surface area contributed by atoms with Crippen LogP contribution in [0.15, 0.2) is 17.8 Å². The zero-order valence-electron chi connectivity index (χ0n) is 9.01. The molecule has 1 rings (SSSR count). The van der Waals surface area contributed by atoms with Crippen LogP contribution >= 0.6 is 11.8 Å². The van der Waals surface area contributed by atoms with E-state index in [-0.39, 0.29) is 6.10 Å². The van der Waals surface area contributed by atoms with Gasteiger partial charge in [0.15, 0.2) is 5.16 Å². The van der Waals surface area contributed by atoms with Crippen LogP contribution in [-0.4, -0.2) is 33.7 Å². The molecule has 0 saturated heterocycles. The Kier molecular flexibility index (Phi) is 4.64. The summed E-state index contributed by atoms with van der Waals surface area (Å²) < 4.78 is 6.97. The number of nitrogens with zero attached hydrogens (tertiary/aromatic N) is 3. The molecule has 0 aliphatic rings. The summed E-state index contributed by atoms with van der Waals surface area (Å²) in [4.78, 5) is 0. The van der Waals surface area contributed by atoms with Crippen molar-refractivity contribution >= 4 is 17.7 Å². The Hall–Kier alpha value is -1.01. The summed E-state index contributed by atoms with van der Waals surface area (Å²) in [6.45, 7) is 6.30. The van der Waals surface area contributed by atoms with Gasteiger partial charge in [0.05, 0.1) is 6.10 Å². The number of allylic oxidation sites excluding steroid dienone is 1. The molecule has 0 saturated carbocycles. The SMILES string of the molecule is C=CCn1c(N)nnc1SCC(C)OC. The number of aromatic nitrogens is 3. The molecule has 0 aliphatic carbocycles. The standard InChI is InChI=1S/C9H16N4OS/c1-4-5-13-8(10)11-12-9(13)15-6-7(2)14-3/h4,7H,1,5-6H2,2-3H3,(H2,10,11). The van der Waals surface area contributed by atoms with Crippen molar-refractivity contribution in [2.45, 2.75) is 24.7 Å². The van der Waals surface area contributed by atoms with Gasteiger partial charge in [-0.25, -0.2) is 0 Å². The molecular formula is C9H16N4OS. The maximum atomic E-state index is 5.66. The van der Waals surface area contributed by atoms with Crippen molar-refractivity contribution < 1.29 is 4.74 Å². The van der Waals surface area contributed by atoms with E-state index in [4.69, 9.17) is 10.5 Å². The van der Waals surface area contributed by atoms with Crippen LogP contribution in [0.4, 0.5) is 5.95 Å². The van der Waals surface area contributed by atoms with Gasteiger partial charge < -0.3 is 10.5 Å². The van der Waals surface area contributed by atoms with E-state index < -0.39 is 0 Å². The normalized spacial score (nSPS) is 12.7. The summed E-state index contributed by atoms with van der Waals surface area (Å²) in [5, 5.41) is 8.61. The molecule has 84 valence electrons. The first-order chi connectivity index (χ1) is 7.19. The summed E-state index contributed by atoms with van der Waals surface area (Å²) in [6, 6.07) is 0. The Balaban J connectivity index is 2.63. The van der Waals surface area contributed by atoms with Crippen LogP contribution in [0.2, 0.25) is 0 Å². The topological polar surface area (TPSA) is 66.0 Å². The third-order valence-electron chi connectivity index (χ3n) is 1.91. The van der Waals surface area contributed by atoms with Gasteiger partial charge in [0.25, 0.3) is 0 Å². The first-order valence-corrected chi connectivity index (χ1v) is 5.62. The first kappa shape index (κ1) is 12.1. The van der Waals surface area contributed by atoms with Gasteiger partial charge in [-0.15, -0.1) is 16.8 Å². The Labute approximate surface area is 93.7 Å². The van der Waals surface area contributed by atoms with Gasteiger partial charge in [-0.05, 0) is 6.92 Å². The smallest absolute Gasteiger partial charge is 0.222 e. The molecule has 1 unspecified atom stereocenters. The number of nitrogens with two attached hydrogens (primary N) is 1. The fourth-order valence-electron chi connectivity index (χ4n) is 0.967. The van der Waals surface area contributed by atoms with Crippen molar-refractivity contribution in [2.24, 2.45) is 0 Å². The van der Waals surface area contributed by atoms with Gasteiger partial charge in [0.2, 0.25) is 5.95 Å². The lowest BCUT2D eigenvalue weighted by Gasteiger charge is -2.08. The van der Waals surface area contributed by atoms with Crippen molar-refractivity contribution in [1.82, 2.24) is 14.8 Å². The van der Waals surface area contributed by atoms with Gasteiger partial charge in [-0.2, -0.15) is 0 Å². The first-order valence-electron chi connectivity index (χ1n) is 4.64. The van der Waals surface area contributed by atoms with Gasteiger partial charge in [-0.3, -0.25) is 4.57 Å². The lowest BCUT2D eigenvalue weighted by atomic mass is 10.5. The quantitative estimate of drug-likeness (QED) is 0.585. The minimum Gasteiger partial charge on any atom is -0.381 e. The van der Waals surface area contributed by atoms with Gasteiger partial charge in [-0.1, -0.05) is 17.8 Å². The lowest BCUT2D eigenvalue weighted by Crippen LogP contribution is -2.09. The van der Waals surface area contributed by atoms with E-state index in [0.717, 1.165) is 10.9 Å². The third kappa shape index (κ3) is 3.24. The zero-order valence-corrected chi connectivity index (χ0v) is 9.83. The van der Waals surface area contributed by atoms with E-state index in [1.165, 1.54) is 0 Å². The molecule has 1 heterocycles. The highest BCUT2D eigenvalue weighted by molar-refractivity contribution is 7.99. The predicted octanol–water partition coefficient (Wildman–Crippen LogP) is 1.17. The van der Waals surface area contributed by atoms with Crippen molar-refractivity contribution in [3.05, 3.63) is 12.7 Å². The second-order valence-corrected chi connectivity index (χ2v) is 4.08. The molecule has 2 N–H and O–H groups in total. The van der Waals surface area contributed by atoms with E-state index in [9.17, 15) is 0 Å². The maximum Gasteiger partial charge on any atom is 0.222 e. The highest BCUT2D eigenvalue weighted by Gasteiger charge is 2.10. The van der Waals surface area contributed by atoms with Crippen LogP contribution in [0.3, 0.4) is 0 Å². The second-order valence-electron chi connectivity index (χ2n) is 3.10. The Morgan fingerprint density at radius 3 is 3.00 bits per heavy atom. The number of thioether (sulfide) groups is 1. The average Bonchev–Trinajstić information content (AvgIpc) is 2.58. The summed E-state index contributed by atoms with van der Waals surface area (Å²) in [6.07, 6.45) is 1.95. The van der Waals surface area contributed by atoms with Crippen molar-refractivity contribution in [1.29, 1.82) is 0 Å². The molecule has 0 spiro atoms.